The number of hydrogen-bond donors (Lipinski definition) is 1. The van der Waals surface area contributed by atoms with E-state index in [4.69, 9.17) is 9.15 Å². The van der Waals surface area contributed by atoms with Gasteiger partial charge in [-0.25, -0.2) is 14.5 Å². The number of carbonyl (C=O) groups excluding carboxylic acids is 1. The van der Waals surface area contributed by atoms with Gasteiger partial charge in [-0.15, -0.1) is 10.2 Å². The lowest BCUT2D eigenvalue weighted by molar-refractivity contribution is 0.0636. The molecule has 9 nitrogen and oxygen atoms in total. The summed E-state index contributed by atoms with van der Waals surface area (Å²) >= 11 is 1.42. The minimum atomic E-state index is -0.542. The Balaban J connectivity index is 1.54. The normalized spacial score (nSPS) is 11.4. The summed E-state index contributed by atoms with van der Waals surface area (Å²) in [5.74, 6) is 1.08. The zero-order chi connectivity index (χ0) is 19.3. The van der Waals surface area contributed by atoms with Gasteiger partial charge in [0.1, 0.15) is 24.8 Å². The van der Waals surface area contributed by atoms with E-state index in [-0.39, 0.29) is 0 Å². The molecular formula is C17H20N6O3S. The Morgan fingerprint density at radius 1 is 1.33 bits per heavy atom. The van der Waals surface area contributed by atoms with Crippen LogP contribution in [0.4, 0.5) is 10.5 Å². The molecule has 0 saturated carbocycles. The second-order valence-electron chi connectivity index (χ2n) is 6.67. The summed E-state index contributed by atoms with van der Waals surface area (Å²) in [5.41, 5.74) is 1.13. The van der Waals surface area contributed by atoms with Crippen molar-refractivity contribution < 1.29 is 13.9 Å². The zero-order valence-electron chi connectivity index (χ0n) is 15.2. The standard InChI is InChI=1S/C17H20N6O3S/c1-17(2,3)26-15(24)20-13-6-4-5-12(7-13)9-27-16-22-21-14(25-16)8-23-11-18-10-19-23/h4-7,10-11H,8-9H2,1-3H3,(H,20,24). The minimum Gasteiger partial charge on any atom is -0.444 e. The third-order valence-corrected chi connectivity index (χ3v) is 4.04. The number of carbonyl (C=O) groups is 1. The van der Waals surface area contributed by atoms with E-state index in [1.54, 1.807) is 17.1 Å². The molecule has 0 atom stereocenters. The van der Waals surface area contributed by atoms with E-state index in [0.29, 0.717) is 29.1 Å². The van der Waals surface area contributed by atoms with Gasteiger partial charge >= 0.3 is 6.09 Å². The van der Waals surface area contributed by atoms with Crippen molar-refractivity contribution in [2.75, 3.05) is 5.32 Å². The lowest BCUT2D eigenvalue weighted by Crippen LogP contribution is -2.27. The van der Waals surface area contributed by atoms with E-state index < -0.39 is 11.7 Å². The maximum Gasteiger partial charge on any atom is 0.412 e. The fourth-order valence-corrected chi connectivity index (χ4v) is 2.84. The average Bonchev–Trinajstić information content (AvgIpc) is 3.24. The molecule has 3 aromatic rings. The second kappa shape index (κ2) is 8.21. The summed E-state index contributed by atoms with van der Waals surface area (Å²) in [7, 11) is 0. The van der Waals surface area contributed by atoms with Gasteiger partial charge in [-0.2, -0.15) is 5.10 Å². The van der Waals surface area contributed by atoms with Crippen LogP contribution in [0.3, 0.4) is 0 Å². The van der Waals surface area contributed by atoms with Crippen molar-refractivity contribution >= 4 is 23.5 Å². The molecule has 0 bridgehead atoms. The number of nitrogens with zero attached hydrogens (tertiary/aromatic N) is 5. The van der Waals surface area contributed by atoms with Gasteiger partial charge in [0.2, 0.25) is 5.89 Å². The van der Waals surface area contributed by atoms with Crippen molar-refractivity contribution in [3.63, 3.8) is 0 Å². The molecule has 0 fully saturated rings. The van der Waals surface area contributed by atoms with Gasteiger partial charge in [0.15, 0.2) is 0 Å². The van der Waals surface area contributed by atoms with Crippen LogP contribution in [-0.2, 0) is 17.0 Å². The molecule has 10 heteroatoms. The first-order valence-electron chi connectivity index (χ1n) is 8.24. The fraction of sp³-hybridized carbons (Fsp3) is 0.353. The van der Waals surface area contributed by atoms with Crippen molar-refractivity contribution in [1.82, 2.24) is 25.0 Å². The van der Waals surface area contributed by atoms with Crippen molar-refractivity contribution in [1.29, 1.82) is 0 Å². The predicted octanol–water partition coefficient (Wildman–Crippen LogP) is 3.35. The van der Waals surface area contributed by atoms with Crippen LogP contribution >= 0.6 is 11.8 Å². The Bertz CT molecular complexity index is 888. The molecule has 1 amide bonds. The third-order valence-electron chi connectivity index (χ3n) is 3.15. The van der Waals surface area contributed by atoms with Gasteiger partial charge < -0.3 is 9.15 Å². The number of hydrogen-bond acceptors (Lipinski definition) is 8. The Morgan fingerprint density at radius 2 is 2.19 bits per heavy atom. The number of nitrogens with one attached hydrogen (secondary N) is 1. The molecule has 0 aliphatic carbocycles. The van der Waals surface area contributed by atoms with Crippen LogP contribution in [0.2, 0.25) is 0 Å². The summed E-state index contributed by atoms with van der Waals surface area (Å²) in [6.45, 7) is 5.84. The van der Waals surface area contributed by atoms with E-state index in [1.165, 1.54) is 18.1 Å². The quantitative estimate of drug-likeness (QED) is 0.641. The highest BCUT2D eigenvalue weighted by molar-refractivity contribution is 7.98. The van der Waals surface area contributed by atoms with Crippen molar-refractivity contribution in [2.24, 2.45) is 0 Å². The monoisotopic (exact) mass is 388 g/mol. The molecule has 27 heavy (non-hydrogen) atoms. The Kier molecular flexibility index (Phi) is 5.75. The second-order valence-corrected chi connectivity index (χ2v) is 7.60. The van der Waals surface area contributed by atoms with Crippen LogP contribution in [0.5, 0.6) is 0 Å². The summed E-state index contributed by atoms with van der Waals surface area (Å²) in [5, 5.41) is 15.2. The lowest BCUT2D eigenvalue weighted by atomic mass is 10.2. The van der Waals surface area contributed by atoms with E-state index in [2.05, 4.69) is 25.6 Å². The molecule has 0 radical (unpaired) electrons. The first-order valence-corrected chi connectivity index (χ1v) is 9.22. The van der Waals surface area contributed by atoms with Crippen molar-refractivity contribution in [3.8, 4) is 0 Å². The van der Waals surface area contributed by atoms with E-state index in [0.717, 1.165) is 5.56 Å². The maximum absolute atomic E-state index is 11.9. The topological polar surface area (TPSA) is 108 Å². The number of rotatable bonds is 6. The number of benzene rings is 1. The Morgan fingerprint density at radius 3 is 2.93 bits per heavy atom. The molecule has 0 spiro atoms. The van der Waals surface area contributed by atoms with Crippen LogP contribution in [-0.4, -0.2) is 36.7 Å². The highest BCUT2D eigenvalue weighted by Crippen LogP contribution is 2.23. The van der Waals surface area contributed by atoms with Gasteiger partial charge in [-0.3, -0.25) is 5.32 Å². The molecule has 142 valence electrons. The predicted molar refractivity (Wildman–Crippen MR) is 99.3 cm³/mol. The fourth-order valence-electron chi connectivity index (χ4n) is 2.12. The van der Waals surface area contributed by atoms with Crippen LogP contribution in [0, 0.1) is 0 Å². The summed E-state index contributed by atoms with van der Waals surface area (Å²) < 4.78 is 12.5. The summed E-state index contributed by atoms with van der Waals surface area (Å²) in [4.78, 5) is 15.7. The molecule has 0 saturated heterocycles. The van der Waals surface area contributed by atoms with Crippen LogP contribution < -0.4 is 5.32 Å². The van der Waals surface area contributed by atoms with Crippen LogP contribution in [0.15, 0.2) is 46.6 Å². The van der Waals surface area contributed by atoms with Crippen molar-refractivity contribution in [2.45, 2.75) is 43.9 Å². The van der Waals surface area contributed by atoms with E-state index in [9.17, 15) is 4.79 Å². The SMILES string of the molecule is CC(C)(C)OC(=O)Nc1cccc(CSc2nnc(Cn3cncn3)o2)c1. The molecule has 1 N–H and O–H groups in total. The highest BCUT2D eigenvalue weighted by atomic mass is 32.2. The first kappa shape index (κ1) is 18.9. The number of amides is 1. The Hall–Kier alpha value is -2.88. The molecule has 2 aromatic heterocycles. The lowest BCUT2D eigenvalue weighted by Gasteiger charge is -2.19. The van der Waals surface area contributed by atoms with Gasteiger partial charge in [-0.1, -0.05) is 23.9 Å². The average molecular weight is 388 g/mol. The molecule has 0 aliphatic heterocycles. The minimum absolute atomic E-state index is 0.378. The van der Waals surface area contributed by atoms with Gasteiger partial charge in [-0.05, 0) is 38.5 Å². The van der Waals surface area contributed by atoms with Crippen LogP contribution in [0.25, 0.3) is 0 Å². The molecule has 0 unspecified atom stereocenters. The number of aromatic nitrogens is 5. The van der Waals surface area contributed by atoms with E-state index in [1.807, 2.05) is 39.0 Å². The highest BCUT2D eigenvalue weighted by Gasteiger charge is 2.16. The Labute approximate surface area is 160 Å². The van der Waals surface area contributed by atoms with Crippen LogP contribution in [0.1, 0.15) is 32.2 Å². The largest absolute Gasteiger partial charge is 0.444 e. The molecule has 2 heterocycles. The number of ether oxygens (including phenoxy) is 1. The third kappa shape index (κ3) is 6.10. The summed E-state index contributed by atoms with van der Waals surface area (Å²) in [6.07, 6.45) is 2.55. The smallest absolute Gasteiger partial charge is 0.412 e. The first-order chi connectivity index (χ1) is 12.9. The maximum atomic E-state index is 11.9. The number of anilines is 1. The van der Waals surface area contributed by atoms with Gasteiger partial charge in [0.25, 0.3) is 5.22 Å². The molecular weight excluding hydrogens is 368 g/mol. The van der Waals surface area contributed by atoms with E-state index >= 15 is 0 Å². The van der Waals surface area contributed by atoms with Gasteiger partial charge in [0.05, 0.1) is 0 Å². The van der Waals surface area contributed by atoms with Gasteiger partial charge in [0, 0.05) is 11.4 Å². The molecule has 0 aliphatic rings. The molecule has 3 rings (SSSR count). The number of thioether (sulfide) groups is 1. The summed E-state index contributed by atoms with van der Waals surface area (Å²) in [6, 6.07) is 7.51. The zero-order valence-corrected chi connectivity index (χ0v) is 16.1. The van der Waals surface area contributed by atoms with Crippen molar-refractivity contribution in [3.05, 3.63) is 48.4 Å². The molecule has 1 aromatic carbocycles.